The lowest BCUT2D eigenvalue weighted by atomic mass is 10.1. The van der Waals surface area contributed by atoms with Crippen LogP contribution in [-0.2, 0) is 6.54 Å². The van der Waals surface area contributed by atoms with Crippen molar-refractivity contribution in [3.05, 3.63) is 47.8 Å². The molecule has 0 aliphatic carbocycles. The molecular weight excluding hydrogens is 214 g/mol. The van der Waals surface area contributed by atoms with Crippen molar-refractivity contribution in [2.75, 3.05) is 7.11 Å². The highest BCUT2D eigenvalue weighted by atomic mass is 16.5. The molecule has 0 spiro atoms. The molecule has 0 aliphatic rings. The number of rotatable bonds is 5. The molecule has 0 amide bonds. The van der Waals surface area contributed by atoms with Crippen molar-refractivity contribution in [2.24, 2.45) is 0 Å². The number of hydrogen-bond acceptors (Lipinski definition) is 3. The molecule has 1 aromatic heterocycles. The van der Waals surface area contributed by atoms with Crippen LogP contribution in [0.2, 0.25) is 0 Å². The first kappa shape index (κ1) is 11.7. The van der Waals surface area contributed by atoms with Crippen LogP contribution in [0.15, 0.2) is 36.5 Å². The van der Waals surface area contributed by atoms with Crippen LogP contribution in [-0.4, -0.2) is 17.3 Å². The number of hydrogen-bond donors (Lipinski definition) is 2. The van der Waals surface area contributed by atoms with Crippen LogP contribution in [0.3, 0.4) is 0 Å². The zero-order valence-corrected chi connectivity index (χ0v) is 10.1. The Bertz CT molecular complexity index is 436. The van der Waals surface area contributed by atoms with E-state index >= 15 is 0 Å². The smallest absolute Gasteiger partial charge is 0.118 e. The van der Waals surface area contributed by atoms with Crippen LogP contribution in [0.1, 0.15) is 24.2 Å². The maximum Gasteiger partial charge on any atom is 0.118 e. The van der Waals surface area contributed by atoms with Crippen molar-refractivity contribution in [3.8, 4) is 5.75 Å². The van der Waals surface area contributed by atoms with E-state index < -0.39 is 0 Å². The third-order valence-electron chi connectivity index (χ3n) is 2.77. The van der Waals surface area contributed by atoms with Crippen LogP contribution in [0.25, 0.3) is 0 Å². The Morgan fingerprint density at radius 2 is 2.06 bits per heavy atom. The largest absolute Gasteiger partial charge is 0.497 e. The van der Waals surface area contributed by atoms with E-state index in [0.717, 1.165) is 18.0 Å². The topological polar surface area (TPSA) is 49.9 Å². The minimum atomic E-state index is 0.296. The van der Waals surface area contributed by atoms with Gasteiger partial charge in [-0.15, -0.1) is 0 Å². The molecule has 0 aliphatic heterocycles. The van der Waals surface area contributed by atoms with Crippen molar-refractivity contribution >= 4 is 0 Å². The lowest BCUT2D eigenvalue weighted by molar-refractivity contribution is 0.414. The molecule has 0 radical (unpaired) electrons. The summed E-state index contributed by atoms with van der Waals surface area (Å²) in [7, 11) is 1.68. The highest BCUT2D eigenvalue weighted by molar-refractivity contribution is 5.28. The Morgan fingerprint density at radius 3 is 2.65 bits per heavy atom. The van der Waals surface area contributed by atoms with Crippen LogP contribution in [0, 0.1) is 0 Å². The van der Waals surface area contributed by atoms with Crippen LogP contribution < -0.4 is 10.1 Å². The number of nitrogens with zero attached hydrogens (tertiary/aromatic N) is 1. The van der Waals surface area contributed by atoms with E-state index in [0.29, 0.717) is 6.04 Å². The van der Waals surface area contributed by atoms with Crippen molar-refractivity contribution in [2.45, 2.75) is 19.5 Å². The molecule has 4 heteroatoms. The molecule has 1 heterocycles. The molecule has 0 saturated carbocycles. The number of aromatic nitrogens is 2. The summed E-state index contributed by atoms with van der Waals surface area (Å²) in [6.07, 6.45) is 1.76. The summed E-state index contributed by atoms with van der Waals surface area (Å²) in [5.74, 6) is 0.884. The zero-order valence-electron chi connectivity index (χ0n) is 10.1. The van der Waals surface area contributed by atoms with Gasteiger partial charge in [0.2, 0.25) is 0 Å². The normalized spacial score (nSPS) is 12.4. The molecule has 2 aromatic rings. The van der Waals surface area contributed by atoms with Gasteiger partial charge in [-0.1, -0.05) is 12.1 Å². The Labute approximate surface area is 101 Å². The van der Waals surface area contributed by atoms with E-state index in [4.69, 9.17) is 4.74 Å². The van der Waals surface area contributed by atoms with Crippen molar-refractivity contribution in [1.29, 1.82) is 0 Å². The number of methoxy groups -OCH3 is 1. The van der Waals surface area contributed by atoms with Crippen molar-refractivity contribution in [1.82, 2.24) is 15.5 Å². The summed E-state index contributed by atoms with van der Waals surface area (Å²) in [5, 5.41) is 10.3. The fraction of sp³-hybridized carbons (Fsp3) is 0.308. The van der Waals surface area contributed by atoms with E-state index in [9.17, 15) is 0 Å². The fourth-order valence-corrected chi connectivity index (χ4v) is 1.66. The second kappa shape index (κ2) is 5.50. The van der Waals surface area contributed by atoms with Gasteiger partial charge in [0.15, 0.2) is 0 Å². The highest BCUT2D eigenvalue weighted by Gasteiger charge is 2.05. The van der Waals surface area contributed by atoms with E-state index in [1.807, 2.05) is 18.2 Å². The third kappa shape index (κ3) is 3.07. The summed E-state index contributed by atoms with van der Waals surface area (Å²) < 4.78 is 5.13. The maximum atomic E-state index is 5.13. The molecule has 4 nitrogen and oxygen atoms in total. The average molecular weight is 231 g/mol. The first-order valence-corrected chi connectivity index (χ1v) is 5.65. The molecule has 0 fully saturated rings. The van der Waals surface area contributed by atoms with Crippen LogP contribution >= 0.6 is 0 Å². The molecular formula is C13H17N3O. The second-order valence-electron chi connectivity index (χ2n) is 3.96. The van der Waals surface area contributed by atoms with Gasteiger partial charge in [0.25, 0.3) is 0 Å². The van der Waals surface area contributed by atoms with Gasteiger partial charge < -0.3 is 10.1 Å². The first-order valence-electron chi connectivity index (χ1n) is 5.65. The Morgan fingerprint density at radius 1 is 1.29 bits per heavy atom. The zero-order chi connectivity index (χ0) is 12.1. The summed E-state index contributed by atoms with van der Waals surface area (Å²) in [5.41, 5.74) is 2.33. The summed E-state index contributed by atoms with van der Waals surface area (Å²) in [6.45, 7) is 2.92. The Balaban J connectivity index is 1.92. The molecule has 0 bridgehead atoms. The van der Waals surface area contributed by atoms with Gasteiger partial charge in [-0.25, -0.2) is 0 Å². The Hall–Kier alpha value is -1.81. The maximum absolute atomic E-state index is 5.13. The average Bonchev–Trinajstić information content (AvgIpc) is 2.89. The fourth-order valence-electron chi connectivity index (χ4n) is 1.66. The monoisotopic (exact) mass is 231 g/mol. The minimum absolute atomic E-state index is 0.296. The number of ether oxygens (including phenoxy) is 1. The summed E-state index contributed by atoms with van der Waals surface area (Å²) in [4.78, 5) is 0. The van der Waals surface area contributed by atoms with E-state index in [2.05, 4.69) is 34.6 Å². The number of H-pyrrole nitrogens is 1. The van der Waals surface area contributed by atoms with Gasteiger partial charge in [0, 0.05) is 24.5 Å². The molecule has 90 valence electrons. The lowest BCUT2D eigenvalue weighted by Gasteiger charge is -2.13. The molecule has 17 heavy (non-hydrogen) atoms. The van der Waals surface area contributed by atoms with Crippen LogP contribution in [0.5, 0.6) is 5.75 Å². The molecule has 1 atom stereocenters. The predicted octanol–water partition coefficient (Wildman–Crippen LogP) is 2.27. The number of nitrogens with one attached hydrogen (secondary N) is 2. The molecule has 2 N–H and O–H groups in total. The SMILES string of the molecule is COc1ccc(C(C)NCc2ccn[nH]2)cc1. The van der Waals surface area contributed by atoms with Gasteiger partial charge >= 0.3 is 0 Å². The lowest BCUT2D eigenvalue weighted by Crippen LogP contribution is -2.18. The summed E-state index contributed by atoms with van der Waals surface area (Å²) >= 11 is 0. The molecule has 1 aromatic carbocycles. The van der Waals surface area contributed by atoms with E-state index in [1.165, 1.54) is 5.56 Å². The predicted molar refractivity (Wildman–Crippen MR) is 66.8 cm³/mol. The van der Waals surface area contributed by atoms with E-state index in [-0.39, 0.29) is 0 Å². The van der Waals surface area contributed by atoms with Gasteiger partial charge in [0.05, 0.1) is 7.11 Å². The number of aromatic amines is 1. The van der Waals surface area contributed by atoms with Crippen molar-refractivity contribution in [3.63, 3.8) is 0 Å². The molecule has 1 unspecified atom stereocenters. The standard InChI is InChI=1S/C13H17N3O/c1-10(14-9-12-7-8-15-16-12)11-3-5-13(17-2)6-4-11/h3-8,10,14H,9H2,1-2H3,(H,15,16). The Kier molecular flexibility index (Phi) is 3.77. The number of benzene rings is 1. The summed E-state index contributed by atoms with van der Waals surface area (Å²) in [6, 6.07) is 10.4. The van der Waals surface area contributed by atoms with Crippen LogP contribution in [0.4, 0.5) is 0 Å². The van der Waals surface area contributed by atoms with Gasteiger partial charge in [-0.3, -0.25) is 5.10 Å². The van der Waals surface area contributed by atoms with Gasteiger partial charge in [0.1, 0.15) is 5.75 Å². The third-order valence-corrected chi connectivity index (χ3v) is 2.77. The van der Waals surface area contributed by atoms with Crippen molar-refractivity contribution < 1.29 is 4.74 Å². The second-order valence-corrected chi connectivity index (χ2v) is 3.96. The molecule has 2 rings (SSSR count). The highest BCUT2D eigenvalue weighted by Crippen LogP contribution is 2.17. The quantitative estimate of drug-likeness (QED) is 0.830. The molecule has 0 saturated heterocycles. The first-order chi connectivity index (χ1) is 8.29. The minimum Gasteiger partial charge on any atom is -0.497 e. The van der Waals surface area contributed by atoms with Gasteiger partial charge in [-0.2, -0.15) is 5.10 Å². The van der Waals surface area contributed by atoms with Gasteiger partial charge in [-0.05, 0) is 30.7 Å². The van der Waals surface area contributed by atoms with E-state index in [1.54, 1.807) is 13.3 Å².